The number of rotatable bonds is 3. The number of aromatic nitrogens is 1. The van der Waals surface area contributed by atoms with E-state index in [1.54, 1.807) is 11.3 Å². The van der Waals surface area contributed by atoms with Crippen LogP contribution in [0.1, 0.15) is 29.4 Å². The summed E-state index contributed by atoms with van der Waals surface area (Å²) in [5, 5.41) is 0.984. The molecule has 1 fully saturated rings. The third kappa shape index (κ3) is 3.78. The molecule has 1 aliphatic rings. The summed E-state index contributed by atoms with van der Waals surface area (Å²) in [7, 11) is 0. The van der Waals surface area contributed by atoms with Crippen LogP contribution in [0.2, 0.25) is 0 Å². The predicted molar refractivity (Wildman–Crippen MR) is 112 cm³/mol. The minimum Gasteiger partial charge on any atom is -0.338 e. The van der Waals surface area contributed by atoms with Gasteiger partial charge in [0.15, 0.2) is 0 Å². The van der Waals surface area contributed by atoms with Gasteiger partial charge in [0.25, 0.3) is 5.91 Å². The number of carbonyl (C=O) groups excluding carboxylic acids is 1. The molecule has 0 spiro atoms. The molecule has 2 aromatic heterocycles. The van der Waals surface area contributed by atoms with Crippen molar-refractivity contribution in [1.29, 1.82) is 0 Å². The molecule has 2 N–H and O–H groups in total. The Bertz CT molecular complexity index is 872. The van der Waals surface area contributed by atoms with Crippen molar-refractivity contribution in [3.05, 3.63) is 41.3 Å². The monoisotopic (exact) mass is 407 g/mol. The van der Waals surface area contributed by atoms with Crippen LogP contribution in [0.4, 0.5) is 0 Å². The molecule has 3 aromatic rings. The van der Waals surface area contributed by atoms with Gasteiger partial charge in [-0.1, -0.05) is 12.1 Å². The topological polar surface area (TPSA) is 59.2 Å². The van der Waals surface area contributed by atoms with Crippen molar-refractivity contribution in [2.75, 3.05) is 13.1 Å². The quantitative estimate of drug-likeness (QED) is 0.687. The van der Waals surface area contributed by atoms with Crippen molar-refractivity contribution in [3.8, 4) is 9.88 Å². The highest BCUT2D eigenvalue weighted by Gasteiger charge is 2.27. The Morgan fingerprint density at radius 1 is 1.27 bits per heavy atom. The summed E-state index contributed by atoms with van der Waals surface area (Å²) >= 11 is 3.21. The van der Waals surface area contributed by atoms with Crippen LogP contribution in [0.5, 0.6) is 0 Å². The first-order chi connectivity index (χ1) is 12.1. The van der Waals surface area contributed by atoms with Gasteiger partial charge in [0.05, 0.1) is 20.0 Å². The van der Waals surface area contributed by atoms with E-state index in [1.165, 1.54) is 16.0 Å². The molecule has 138 valence electrons. The van der Waals surface area contributed by atoms with Gasteiger partial charge in [-0.25, -0.2) is 4.98 Å². The van der Waals surface area contributed by atoms with Crippen molar-refractivity contribution in [2.45, 2.75) is 25.8 Å². The lowest BCUT2D eigenvalue weighted by Crippen LogP contribution is -2.44. The van der Waals surface area contributed by atoms with Crippen molar-refractivity contribution in [3.63, 3.8) is 0 Å². The van der Waals surface area contributed by atoms with Crippen LogP contribution in [0.15, 0.2) is 36.4 Å². The zero-order valence-corrected chi connectivity index (χ0v) is 17.0. The largest absolute Gasteiger partial charge is 0.338 e. The number of likely N-dealkylation sites (tertiary alicyclic amines) is 1. The highest BCUT2D eigenvalue weighted by molar-refractivity contribution is 7.26. The zero-order valence-electron chi connectivity index (χ0n) is 14.6. The molecule has 7 heteroatoms. The van der Waals surface area contributed by atoms with Gasteiger partial charge in [0.2, 0.25) is 0 Å². The Balaban J connectivity index is 0.00000196. The van der Waals surface area contributed by atoms with E-state index >= 15 is 0 Å². The Morgan fingerprint density at radius 3 is 2.85 bits per heavy atom. The van der Waals surface area contributed by atoms with E-state index in [0.717, 1.165) is 46.2 Å². The Hall–Kier alpha value is -1.47. The number of thiophene rings is 1. The fourth-order valence-electron chi connectivity index (χ4n) is 3.32. The average Bonchev–Trinajstić information content (AvgIpc) is 3.27. The smallest absolute Gasteiger partial charge is 0.263 e. The number of nitrogens with two attached hydrogens (primary N) is 1. The normalized spacial score (nSPS) is 18.5. The summed E-state index contributed by atoms with van der Waals surface area (Å²) in [5.41, 5.74) is 7.06. The standard InChI is InChI=1S/C19H21N3OS2.ClH/c1-12(20)13-5-4-10-22(11-13)19(23)17-9-8-16(24-17)18-21-14-6-2-3-7-15(14)25-18;/h2-3,6-9,12-13H,4-5,10-11,20H2,1H3;1H. The number of para-hydroxylation sites is 1. The molecule has 4 rings (SSSR count). The molecule has 4 nitrogen and oxygen atoms in total. The molecule has 2 unspecified atom stereocenters. The SMILES string of the molecule is CC(N)C1CCCN(C(=O)c2ccc(-c3nc4ccccc4s3)s2)C1.Cl. The second kappa shape index (κ2) is 8.05. The van der Waals surface area contributed by atoms with Crippen LogP contribution in [-0.2, 0) is 0 Å². The van der Waals surface area contributed by atoms with Gasteiger partial charge in [-0.05, 0) is 49.9 Å². The highest BCUT2D eigenvalue weighted by atomic mass is 35.5. The molecule has 1 saturated heterocycles. The summed E-state index contributed by atoms with van der Waals surface area (Å²) in [4.78, 5) is 21.4. The molecule has 0 bridgehead atoms. The van der Waals surface area contributed by atoms with E-state index in [4.69, 9.17) is 10.7 Å². The first-order valence-electron chi connectivity index (χ1n) is 8.62. The number of hydrogen-bond donors (Lipinski definition) is 1. The minimum atomic E-state index is 0. The maximum Gasteiger partial charge on any atom is 0.263 e. The summed E-state index contributed by atoms with van der Waals surface area (Å²) < 4.78 is 1.18. The zero-order chi connectivity index (χ0) is 17.4. The fourth-order valence-corrected chi connectivity index (χ4v) is 5.32. The molecular weight excluding hydrogens is 386 g/mol. The number of benzene rings is 1. The first-order valence-corrected chi connectivity index (χ1v) is 10.3. The second-order valence-electron chi connectivity index (χ2n) is 6.66. The van der Waals surface area contributed by atoms with E-state index in [-0.39, 0.29) is 24.4 Å². The number of carbonyl (C=O) groups is 1. The molecule has 0 radical (unpaired) electrons. The maximum atomic E-state index is 12.9. The van der Waals surface area contributed by atoms with Gasteiger partial charge in [-0.3, -0.25) is 4.79 Å². The maximum absolute atomic E-state index is 12.9. The molecule has 1 amide bonds. The van der Waals surface area contributed by atoms with Gasteiger partial charge >= 0.3 is 0 Å². The van der Waals surface area contributed by atoms with Crippen molar-refractivity contribution in [2.24, 2.45) is 11.7 Å². The molecule has 1 aliphatic heterocycles. The second-order valence-corrected chi connectivity index (χ2v) is 8.78. The van der Waals surface area contributed by atoms with Gasteiger partial charge in [0, 0.05) is 19.1 Å². The predicted octanol–water partition coefficient (Wildman–Crippen LogP) is 4.65. The molecule has 26 heavy (non-hydrogen) atoms. The molecule has 3 heterocycles. The molecule has 1 aromatic carbocycles. The van der Waals surface area contributed by atoms with Crippen LogP contribution < -0.4 is 5.73 Å². The van der Waals surface area contributed by atoms with Crippen LogP contribution >= 0.6 is 35.1 Å². The van der Waals surface area contributed by atoms with E-state index in [1.807, 2.05) is 42.2 Å². The number of hydrogen-bond acceptors (Lipinski definition) is 5. The Labute approximate surface area is 167 Å². The van der Waals surface area contributed by atoms with Gasteiger partial charge in [-0.15, -0.1) is 35.1 Å². The van der Waals surface area contributed by atoms with E-state index in [9.17, 15) is 4.79 Å². The van der Waals surface area contributed by atoms with E-state index in [0.29, 0.717) is 5.92 Å². The minimum absolute atomic E-state index is 0. The first kappa shape index (κ1) is 19.3. The van der Waals surface area contributed by atoms with Crippen LogP contribution in [-0.4, -0.2) is 34.9 Å². The summed E-state index contributed by atoms with van der Waals surface area (Å²) in [6.07, 6.45) is 2.15. The third-order valence-electron chi connectivity index (χ3n) is 4.81. The van der Waals surface area contributed by atoms with Gasteiger partial charge in [0.1, 0.15) is 5.01 Å². The van der Waals surface area contributed by atoms with Crippen molar-refractivity contribution in [1.82, 2.24) is 9.88 Å². The van der Waals surface area contributed by atoms with Crippen LogP contribution in [0.3, 0.4) is 0 Å². The summed E-state index contributed by atoms with van der Waals surface area (Å²) in [5.74, 6) is 0.532. The lowest BCUT2D eigenvalue weighted by Gasteiger charge is -2.34. The average molecular weight is 408 g/mol. The lowest BCUT2D eigenvalue weighted by atomic mass is 9.92. The number of thiazole rings is 1. The van der Waals surface area contributed by atoms with E-state index < -0.39 is 0 Å². The molecule has 0 saturated carbocycles. The number of nitrogens with zero attached hydrogens (tertiary/aromatic N) is 2. The lowest BCUT2D eigenvalue weighted by molar-refractivity contribution is 0.0666. The summed E-state index contributed by atoms with van der Waals surface area (Å²) in [6.45, 7) is 3.64. The van der Waals surface area contributed by atoms with Crippen molar-refractivity contribution < 1.29 is 4.79 Å². The summed E-state index contributed by atoms with van der Waals surface area (Å²) in [6, 6.07) is 12.2. The van der Waals surface area contributed by atoms with Crippen LogP contribution in [0.25, 0.3) is 20.1 Å². The highest BCUT2D eigenvalue weighted by Crippen LogP contribution is 2.35. The third-order valence-corrected chi connectivity index (χ3v) is 7.09. The Morgan fingerprint density at radius 2 is 2.08 bits per heavy atom. The number of amides is 1. The molecule has 2 atom stereocenters. The molecular formula is C19H22ClN3OS2. The number of piperidine rings is 1. The Kier molecular flexibility index (Phi) is 5.97. The fraction of sp³-hybridized carbons (Fsp3) is 0.368. The molecule has 0 aliphatic carbocycles. The van der Waals surface area contributed by atoms with E-state index in [2.05, 4.69) is 6.07 Å². The van der Waals surface area contributed by atoms with Crippen LogP contribution in [0, 0.1) is 5.92 Å². The number of halogens is 1. The number of fused-ring (bicyclic) bond motifs is 1. The van der Waals surface area contributed by atoms with Crippen molar-refractivity contribution >= 4 is 51.2 Å². The van der Waals surface area contributed by atoms with Gasteiger partial charge < -0.3 is 10.6 Å². The van der Waals surface area contributed by atoms with Gasteiger partial charge in [-0.2, -0.15) is 0 Å².